The molecule has 0 atom stereocenters. The van der Waals surface area contributed by atoms with E-state index in [0.29, 0.717) is 35.3 Å². The normalized spacial score (nSPS) is 10.0. The second-order valence-corrected chi connectivity index (χ2v) is 4.25. The van der Waals surface area contributed by atoms with E-state index in [0.717, 1.165) is 5.75 Å². The molecule has 0 aromatic heterocycles. The number of hydrogen-bond donors (Lipinski definition) is 1. The van der Waals surface area contributed by atoms with Crippen LogP contribution in [0.2, 0.25) is 0 Å². The second kappa shape index (κ2) is 6.74. The molecule has 2 rings (SSSR count). The van der Waals surface area contributed by atoms with Gasteiger partial charge in [0.15, 0.2) is 17.2 Å². The van der Waals surface area contributed by atoms with Crippen molar-refractivity contribution in [2.24, 2.45) is 0 Å². The molecular weight excluding hydrogens is 270 g/mol. The summed E-state index contributed by atoms with van der Waals surface area (Å²) < 4.78 is 21.6. The molecule has 0 amide bonds. The zero-order chi connectivity index (χ0) is 15.2. The lowest BCUT2D eigenvalue weighted by Crippen LogP contribution is -1.97. The number of methoxy groups -OCH3 is 2. The largest absolute Gasteiger partial charge is 0.494 e. The van der Waals surface area contributed by atoms with Crippen molar-refractivity contribution in [1.29, 1.82) is 0 Å². The summed E-state index contributed by atoms with van der Waals surface area (Å²) in [6.45, 7) is 2.57. The van der Waals surface area contributed by atoms with Crippen LogP contribution in [0.15, 0.2) is 36.4 Å². The highest BCUT2D eigenvalue weighted by molar-refractivity contribution is 5.62. The Bertz CT molecular complexity index is 596. The third-order valence-electron chi connectivity index (χ3n) is 2.88. The van der Waals surface area contributed by atoms with Crippen LogP contribution in [0.5, 0.6) is 28.7 Å². The van der Waals surface area contributed by atoms with Crippen LogP contribution in [0.1, 0.15) is 6.92 Å². The van der Waals surface area contributed by atoms with Gasteiger partial charge in [0.05, 0.1) is 26.5 Å². The van der Waals surface area contributed by atoms with E-state index in [1.54, 1.807) is 26.4 Å². The van der Waals surface area contributed by atoms with E-state index in [1.165, 1.54) is 0 Å². The van der Waals surface area contributed by atoms with Crippen LogP contribution >= 0.6 is 0 Å². The van der Waals surface area contributed by atoms with E-state index in [1.807, 2.05) is 31.2 Å². The first-order valence-corrected chi connectivity index (χ1v) is 6.60. The molecule has 0 radical (unpaired) electrons. The highest BCUT2D eigenvalue weighted by Gasteiger charge is 2.11. The van der Waals surface area contributed by atoms with Crippen LogP contribution in [0.4, 0.5) is 5.69 Å². The van der Waals surface area contributed by atoms with Gasteiger partial charge < -0.3 is 24.7 Å². The van der Waals surface area contributed by atoms with Crippen LogP contribution in [-0.4, -0.2) is 20.8 Å². The minimum absolute atomic E-state index is 0.474. The molecule has 21 heavy (non-hydrogen) atoms. The fourth-order valence-electron chi connectivity index (χ4n) is 1.86. The van der Waals surface area contributed by atoms with Gasteiger partial charge in [-0.2, -0.15) is 0 Å². The summed E-state index contributed by atoms with van der Waals surface area (Å²) in [5.74, 6) is 3.10. The smallest absolute Gasteiger partial charge is 0.164 e. The van der Waals surface area contributed by atoms with Gasteiger partial charge in [-0.25, -0.2) is 0 Å². The van der Waals surface area contributed by atoms with Gasteiger partial charge in [0.1, 0.15) is 11.5 Å². The van der Waals surface area contributed by atoms with Crippen LogP contribution in [0, 0.1) is 0 Å². The van der Waals surface area contributed by atoms with Crippen molar-refractivity contribution in [2.45, 2.75) is 6.92 Å². The Labute approximate surface area is 124 Å². The zero-order valence-corrected chi connectivity index (χ0v) is 12.4. The topological polar surface area (TPSA) is 62.9 Å². The van der Waals surface area contributed by atoms with Gasteiger partial charge in [0.25, 0.3) is 0 Å². The predicted octanol–water partition coefficient (Wildman–Crippen LogP) is 3.48. The van der Waals surface area contributed by atoms with Gasteiger partial charge >= 0.3 is 0 Å². The molecule has 2 N–H and O–H groups in total. The molecule has 0 aliphatic heterocycles. The summed E-state index contributed by atoms with van der Waals surface area (Å²) in [6, 6.07) is 10.7. The molecule has 2 aromatic carbocycles. The van der Waals surface area contributed by atoms with Gasteiger partial charge in [-0.05, 0) is 31.2 Å². The van der Waals surface area contributed by atoms with Crippen LogP contribution in [0.3, 0.4) is 0 Å². The Morgan fingerprint density at radius 3 is 2.00 bits per heavy atom. The summed E-state index contributed by atoms with van der Waals surface area (Å²) in [6.07, 6.45) is 0. The SMILES string of the molecule is CCOc1ccc(Oc2cc(OC)c(OC)cc2N)cc1. The highest BCUT2D eigenvalue weighted by Crippen LogP contribution is 2.38. The summed E-state index contributed by atoms with van der Waals surface area (Å²) >= 11 is 0. The third kappa shape index (κ3) is 3.51. The molecule has 5 nitrogen and oxygen atoms in total. The van der Waals surface area contributed by atoms with Crippen LogP contribution in [0.25, 0.3) is 0 Å². The highest BCUT2D eigenvalue weighted by atomic mass is 16.5. The molecular formula is C16H19NO4. The lowest BCUT2D eigenvalue weighted by atomic mass is 10.2. The molecule has 0 unspecified atom stereocenters. The average molecular weight is 289 g/mol. The molecule has 5 heteroatoms. The zero-order valence-electron chi connectivity index (χ0n) is 12.4. The molecule has 0 bridgehead atoms. The van der Waals surface area contributed by atoms with E-state index in [2.05, 4.69) is 0 Å². The fourth-order valence-corrected chi connectivity index (χ4v) is 1.86. The molecule has 0 aliphatic carbocycles. The third-order valence-corrected chi connectivity index (χ3v) is 2.88. The second-order valence-electron chi connectivity index (χ2n) is 4.25. The number of nitrogens with two attached hydrogens (primary N) is 1. The minimum Gasteiger partial charge on any atom is -0.494 e. The van der Waals surface area contributed by atoms with Gasteiger partial charge in [0.2, 0.25) is 0 Å². The van der Waals surface area contributed by atoms with Gasteiger partial charge in [0, 0.05) is 12.1 Å². The summed E-state index contributed by atoms with van der Waals surface area (Å²) in [5, 5.41) is 0. The molecule has 112 valence electrons. The van der Waals surface area contributed by atoms with Crippen molar-refractivity contribution < 1.29 is 18.9 Å². The molecule has 2 aromatic rings. The Morgan fingerprint density at radius 2 is 1.43 bits per heavy atom. The summed E-state index contributed by atoms with van der Waals surface area (Å²) in [7, 11) is 3.12. The average Bonchev–Trinajstić information content (AvgIpc) is 2.51. The van der Waals surface area contributed by atoms with Crippen LogP contribution < -0.4 is 24.7 Å². The molecule has 0 saturated carbocycles. The van der Waals surface area contributed by atoms with E-state index in [4.69, 9.17) is 24.7 Å². The minimum atomic E-state index is 0.474. The number of ether oxygens (including phenoxy) is 4. The first-order valence-electron chi connectivity index (χ1n) is 6.60. The van der Waals surface area contributed by atoms with Crippen molar-refractivity contribution in [3.63, 3.8) is 0 Å². The number of anilines is 1. The maximum atomic E-state index is 5.96. The molecule has 0 aliphatic rings. The molecule has 0 heterocycles. The number of nitrogen functional groups attached to an aromatic ring is 1. The maximum absolute atomic E-state index is 5.96. The van der Waals surface area contributed by atoms with E-state index in [9.17, 15) is 0 Å². The first-order chi connectivity index (χ1) is 10.2. The predicted molar refractivity (Wildman–Crippen MR) is 81.6 cm³/mol. The number of rotatable bonds is 6. The lowest BCUT2D eigenvalue weighted by Gasteiger charge is -2.13. The summed E-state index contributed by atoms with van der Waals surface area (Å²) in [4.78, 5) is 0. The van der Waals surface area contributed by atoms with Crippen molar-refractivity contribution in [1.82, 2.24) is 0 Å². The fraction of sp³-hybridized carbons (Fsp3) is 0.250. The Kier molecular flexibility index (Phi) is 4.77. The Morgan fingerprint density at radius 1 is 0.857 bits per heavy atom. The number of hydrogen-bond acceptors (Lipinski definition) is 5. The van der Waals surface area contributed by atoms with Gasteiger partial charge in [-0.15, -0.1) is 0 Å². The van der Waals surface area contributed by atoms with Gasteiger partial charge in [-0.1, -0.05) is 0 Å². The molecule has 0 spiro atoms. The Balaban J connectivity index is 2.22. The maximum Gasteiger partial charge on any atom is 0.164 e. The number of benzene rings is 2. The summed E-state index contributed by atoms with van der Waals surface area (Å²) in [5.41, 5.74) is 6.43. The standard InChI is InChI=1S/C16H19NO4/c1-4-20-11-5-7-12(8-6-11)21-14-10-16(19-3)15(18-2)9-13(14)17/h5-10H,4,17H2,1-3H3. The quantitative estimate of drug-likeness (QED) is 0.825. The van der Waals surface area contributed by atoms with Crippen molar-refractivity contribution in [3.05, 3.63) is 36.4 Å². The van der Waals surface area contributed by atoms with E-state index in [-0.39, 0.29) is 0 Å². The molecule has 0 fully saturated rings. The monoisotopic (exact) mass is 289 g/mol. The van der Waals surface area contributed by atoms with E-state index < -0.39 is 0 Å². The van der Waals surface area contributed by atoms with Crippen molar-refractivity contribution in [2.75, 3.05) is 26.6 Å². The van der Waals surface area contributed by atoms with Crippen LogP contribution in [-0.2, 0) is 0 Å². The van der Waals surface area contributed by atoms with E-state index >= 15 is 0 Å². The molecule has 0 saturated heterocycles. The van der Waals surface area contributed by atoms with Crippen molar-refractivity contribution in [3.8, 4) is 28.7 Å². The first kappa shape index (κ1) is 14.8. The van der Waals surface area contributed by atoms with Gasteiger partial charge in [-0.3, -0.25) is 0 Å². The lowest BCUT2D eigenvalue weighted by molar-refractivity contribution is 0.339. The van der Waals surface area contributed by atoms with Crippen molar-refractivity contribution >= 4 is 5.69 Å². The Hall–Kier alpha value is -2.56.